The fourth-order valence-corrected chi connectivity index (χ4v) is 4.10. The maximum atomic E-state index is 4.03. The number of thiophene rings is 1. The third-order valence-electron chi connectivity index (χ3n) is 3.77. The van der Waals surface area contributed by atoms with Gasteiger partial charge in [0.2, 0.25) is 0 Å². The van der Waals surface area contributed by atoms with E-state index in [1.165, 1.54) is 37.2 Å². The molecular weight excluding hydrogens is 272 g/mol. The zero-order chi connectivity index (χ0) is 14.8. The minimum atomic E-state index is 1.25. The molecule has 21 heavy (non-hydrogen) atoms. The standard InChI is InChI=1S/C20H18S/c1-4-16(15-11-7-6-8-12-15)20-17(5-2)18-13-9-10-14(3)19(18)21-20/h4-13H,2H2,1,3H3/b16-4-. The molecule has 2 aromatic carbocycles. The molecule has 0 saturated carbocycles. The molecule has 0 aliphatic carbocycles. The third-order valence-corrected chi connectivity index (χ3v) is 5.16. The molecule has 3 rings (SSSR count). The number of rotatable bonds is 3. The maximum Gasteiger partial charge on any atom is 0.0430 e. The largest absolute Gasteiger partial charge is 0.134 e. The first-order valence-corrected chi connectivity index (χ1v) is 7.94. The molecule has 0 fully saturated rings. The highest BCUT2D eigenvalue weighted by molar-refractivity contribution is 7.20. The lowest BCUT2D eigenvalue weighted by atomic mass is 9.99. The maximum absolute atomic E-state index is 4.03. The van der Waals surface area contributed by atoms with Crippen molar-refractivity contribution >= 4 is 33.1 Å². The molecule has 0 aliphatic rings. The Morgan fingerprint density at radius 2 is 1.81 bits per heavy atom. The minimum Gasteiger partial charge on any atom is -0.134 e. The number of fused-ring (bicyclic) bond motifs is 1. The fraction of sp³-hybridized carbons (Fsp3) is 0.100. The van der Waals surface area contributed by atoms with Crippen LogP contribution in [0.2, 0.25) is 0 Å². The molecule has 1 aromatic heterocycles. The number of allylic oxidation sites excluding steroid dienone is 1. The summed E-state index contributed by atoms with van der Waals surface area (Å²) in [7, 11) is 0. The molecule has 0 spiro atoms. The number of hydrogen-bond acceptors (Lipinski definition) is 1. The summed E-state index contributed by atoms with van der Waals surface area (Å²) >= 11 is 1.86. The molecule has 0 radical (unpaired) electrons. The van der Waals surface area contributed by atoms with Crippen LogP contribution in [-0.2, 0) is 0 Å². The van der Waals surface area contributed by atoms with Crippen molar-refractivity contribution in [1.29, 1.82) is 0 Å². The van der Waals surface area contributed by atoms with Gasteiger partial charge in [-0.05, 0) is 30.5 Å². The normalized spacial score (nSPS) is 11.8. The van der Waals surface area contributed by atoms with Crippen molar-refractivity contribution in [2.45, 2.75) is 13.8 Å². The van der Waals surface area contributed by atoms with Gasteiger partial charge in [-0.15, -0.1) is 11.3 Å². The Kier molecular flexibility index (Phi) is 3.76. The van der Waals surface area contributed by atoms with Crippen LogP contribution >= 0.6 is 11.3 Å². The summed E-state index contributed by atoms with van der Waals surface area (Å²) < 4.78 is 1.36. The smallest absolute Gasteiger partial charge is 0.0430 e. The van der Waals surface area contributed by atoms with E-state index in [2.05, 4.69) is 75.0 Å². The van der Waals surface area contributed by atoms with Gasteiger partial charge in [0.1, 0.15) is 0 Å². The zero-order valence-corrected chi connectivity index (χ0v) is 13.2. The van der Waals surface area contributed by atoms with Gasteiger partial charge in [0.15, 0.2) is 0 Å². The summed E-state index contributed by atoms with van der Waals surface area (Å²) in [6.07, 6.45) is 4.18. The fourth-order valence-electron chi connectivity index (χ4n) is 2.73. The summed E-state index contributed by atoms with van der Waals surface area (Å²) in [5.74, 6) is 0. The van der Waals surface area contributed by atoms with Crippen molar-refractivity contribution in [3.8, 4) is 0 Å². The van der Waals surface area contributed by atoms with E-state index in [1.807, 2.05) is 17.4 Å². The van der Waals surface area contributed by atoms with Crippen molar-refractivity contribution < 1.29 is 0 Å². The van der Waals surface area contributed by atoms with Crippen LogP contribution in [0.5, 0.6) is 0 Å². The van der Waals surface area contributed by atoms with Crippen molar-refractivity contribution in [3.63, 3.8) is 0 Å². The highest BCUT2D eigenvalue weighted by atomic mass is 32.1. The topological polar surface area (TPSA) is 0 Å². The molecule has 3 aromatic rings. The third kappa shape index (κ3) is 2.34. The van der Waals surface area contributed by atoms with Crippen molar-refractivity contribution in [2.75, 3.05) is 0 Å². The summed E-state index contributed by atoms with van der Waals surface area (Å²) in [5, 5.41) is 1.31. The molecule has 0 unspecified atom stereocenters. The predicted molar refractivity (Wildman–Crippen MR) is 95.8 cm³/mol. The van der Waals surface area contributed by atoms with Crippen LogP contribution in [0.25, 0.3) is 21.7 Å². The highest BCUT2D eigenvalue weighted by Crippen LogP contribution is 2.40. The molecule has 1 heteroatoms. The van der Waals surface area contributed by atoms with Crippen LogP contribution in [0.1, 0.15) is 28.5 Å². The lowest BCUT2D eigenvalue weighted by Gasteiger charge is -2.06. The molecule has 0 bridgehead atoms. The minimum absolute atomic E-state index is 1.25. The molecule has 0 atom stereocenters. The molecule has 1 heterocycles. The van der Waals surface area contributed by atoms with Crippen LogP contribution in [0, 0.1) is 6.92 Å². The summed E-state index contributed by atoms with van der Waals surface area (Å²) in [6, 6.07) is 17.1. The predicted octanol–water partition coefficient (Wildman–Crippen LogP) is 6.30. The van der Waals surface area contributed by atoms with Crippen molar-refractivity contribution in [1.82, 2.24) is 0 Å². The average Bonchev–Trinajstić information content (AvgIpc) is 2.89. The van der Waals surface area contributed by atoms with Gasteiger partial charge >= 0.3 is 0 Å². The van der Waals surface area contributed by atoms with E-state index in [4.69, 9.17) is 0 Å². The van der Waals surface area contributed by atoms with E-state index in [0.29, 0.717) is 0 Å². The van der Waals surface area contributed by atoms with Gasteiger partial charge in [-0.3, -0.25) is 0 Å². The van der Waals surface area contributed by atoms with Crippen LogP contribution in [0.4, 0.5) is 0 Å². The van der Waals surface area contributed by atoms with E-state index in [-0.39, 0.29) is 0 Å². The van der Waals surface area contributed by atoms with E-state index < -0.39 is 0 Å². The SMILES string of the molecule is C=Cc1c(/C(=C\C)c2ccccc2)sc2c(C)cccc12. The van der Waals surface area contributed by atoms with Crippen LogP contribution < -0.4 is 0 Å². The second kappa shape index (κ2) is 5.71. The Bertz CT molecular complexity index is 820. The van der Waals surface area contributed by atoms with E-state index >= 15 is 0 Å². The lowest BCUT2D eigenvalue weighted by molar-refractivity contribution is 1.56. The second-order valence-electron chi connectivity index (χ2n) is 5.07. The van der Waals surface area contributed by atoms with Gasteiger partial charge < -0.3 is 0 Å². The second-order valence-corrected chi connectivity index (χ2v) is 6.09. The summed E-state index contributed by atoms with van der Waals surface area (Å²) in [5.41, 5.74) is 5.12. The Morgan fingerprint density at radius 1 is 1.05 bits per heavy atom. The molecule has 0 nitrogen and oxygen atoms in total. The van der Waals surface area contributed by atoms with E-state index in [0.717, 1.165) is 0 Å². The number of aryl methyl sites for hydroxylation is 1. The Hall–Kier alpha value is -2.12. The van der Waals surface area contributed by atoms with Gasteiger partial charge in [0, 0.05) is 20.5 Å². The van der Waals surface area contributed by atoms with Crippen molar-refractivity contribution in [3.05, 3.63) is 82.8 Å². The molecular formula is C20H18S. The van der Waals surface area contributed by atoms with Crippen molar-refractivity contribution in [2.24, 2.45) is 0 Å². The number of benzene rings is 2. The van der Waals surface area contributed by atoms with Gasteiger partial charge in [-0.25, -0.2) is 0 Å². The van der Waals surface area contributed by atoms with Gasteiger partial charge in [0.25, 0.3) is 0 Å². The van der Waals surface area contributed by atoms with Gasteiger partial charge in [-0.2, -0.15) is 0 Å². The van der Waals surface area contributed by atoms with Crippen LogP contribution in [-0.4, -0.2) is 0 Å². The molecule has 0 N–H and O–H groups in total. The number of hydrogen-bond donors (Lipinski definition) is 0. The van der Waals surface area contributed by atoms with Gasteiger partial charge in [0.05, 0.1) is 0 Å². The van der Waals surface area contributed by atoms with Crippen LogP contribution in [0.3, 0.4) is 0 Å². The quantitative estimate of drug-likeness (QED) is 0.530. The van der Waals surface area contributed by atoms with E-state index in [1.54, 1.807) is 0 Å². The monoisotopic (exact) mass is 290 g/mol. The lowest BCUT2D eigenvalue weighted by Crippen LogP contribution is -1.86. The Morgan fingerprint density at radius 3 is 2.48 bits per heavy atom. The first kappa shape index (κ1) is 13.8. The van der Waals surface area contributed by atoms with Crippen LogP contribution in [0.15, 0.2) is 61.2 Å². The molecule has 0 saturated heterocycles. The van der Waals surface area contributed by atoms with Gasteiger partial charge in [-0.1, -0.05) is 67.3 Å². The molecule has 0 amide bonds. The molecule has 104 valence electrons. The first-order chi connectivity index (χ1) is 10.3. The highest BCUT2D eigenvalue weighted by Gasteiger charge is 2.15. The summed E-state index contributed by atoms with van der Waals surface area (Å²) in [4.78, 5) is 1.31. The zero-order valence-electron chi connectivity index (χ0n) is 12.4. The Balaban J connectivity index is 2.29. The Labute approximate surface area is 130 Å². The van der Waals surface area contributed by atoms with E-state index in [9.17, 15) is 0 Å². The average molecular weight is 290 g/mol. The first-order valence-electron chi connectivity index (χ1n) is 7.13. The molecule has 0 aliphatic heterocycles. The summed E-state index contributed by atoms with van der Waals surface area (Å²) in [6.45, 7) is 8.31.